The Kier molecular flexibility index (Phi) is 12.7. The topological polar surface area (TPSA) is 87.5 Å². The van der Waals surface area contributed by atoms with Gasteiger partial charge in [0.05, 0.1) is 0 Å². The van der Waals surface area contributed by atoms with Crippen molar-refractivity contribution in [1.82, 2.24) is 15.5 Å². The summed E-state index contributed by atoms with van der Waals surface area (Å²) in [4.78, 5) is 25.1. The summed E-state index contributed by atoms with van der Waals surface area (Å²) in [6, 6.07) is 0. The van der Waals surface area contributed by atoms with Gasteiger partial charge in [-0.1, -0.05) is 6.92 Å². The van der Waals surface area contributed by atoms with Gasteiger partial charge in [0.15, 0.2) is 0 Å². The third-order valence-corrected chi connectivity index (χ3v) is 2.97. The highest BCUT2D eigenvalue weighted by Crippen LogP contribution is 1.96. The predicted molar refractivity (Wildman–Crippen MR) is 84.9 cm³/mol. The van der Waals surface area contributed by atoms with E-state index in [1.54, 1.807) is 0 Å². The van der Waals surface area contributed by atoms with Crippen molar-refractivity contribution in [2.75, 3.05) is 45.0 Å². The van der Waals surface area contributed by atoms with Crippen molar-refractivity contribution in [3.8, 4) is 0 Å². The number of nitrogens with zero attached hydrogens (tertiary/aromatic N) is 1. The highest BCUT2D eigenvalue weighted by atomic mass is 32.1. The maximum absolute atomic E-state index is 11.5. The normalized spacial score (nSPS) is 10.6. The summed E-state index contributed by atoms with van der Waals surface area (Å²) in [5.41, 5.74) is 5.32. The highest BCUT2D eigenvalue weighted by Gasteiger charge is 2.09. The largest absolute Gasteiger partial charge is 0.356 e. The van der Waals surface area contributed by atoms with E-state index in [4.69, 9.17) is 5.73 Å². The molecule has 0 saturated carbocycles. The summed E-state index contributed by atoms with van der Waals surface area (Å²) in [5.74, 6) is 0.764. The molecule has 0 spiro atoms. The Morgan fingerprint density at radius 2 is 1.60 bits per heavy atom. The Bertz CT molecular complexity index is 253. The van der Waals surface area contributed by atoms with Crippen molar-refractivity contribution in [3.05, 3.63) is 0 Å². The fraction of sp³-hybridized carbons (Fsp3) is 0.846. The van der Waals surface area contributed by atoms with Gasteiger partial charge in [0, 0.05) is 57.9 Å². The molecule has 0 rings (SSSR count). The maximum atomic E-state index is 11.5. The van der Waals surface area contributed by atoms with Crippen LogP contribution in [0.15, 0.2) is 0 Å². The third kappa shape index (κ3) is 11.1. The molecular formula is C13H28N4O2S. The molecule has 20 heavy (non-hydrogen) atoms. The first-order chi connectivity index (χ1) is 9.63. The number of hydrogen-bond acceptors (Lipinski definition) is 5. The van der Waals surface area contributed by atoms with Gasteiger partial charge in [-0.2, -0.15) is 12.6 Å². The third-order valence-electron chi connectivity index (χ3n) is 2.77. The average Bonchev–Trinajstić information content (AvgIpc) is 2.45. The molecule has 0 bridgehead atoms. The minimum Gasteiger partial charge on any atom is -0.356 e. The summed E-state index contributed by atoms with van der Waals surface area (Å²) in [6.07, 6.45) is 1.82. The molecule has 0 saturated heterocycles. The van der Waals surface area contributed by atoms with Crippen molar-refractivity contribution in [2.45, 2.75) is 26.2 Å². The van der Waals surface area contributed by atoms with E-state index in [-0.39, 0.29) is 11.8 Å². The molecule has 0 atom stereocenters. The molecule has 2 amide bonds. The molecule has 0 radical (unpaired) electrons. The molecule has 7 heteroatoms. The lowest BCUT2D eigenvalue weighted by Crippen LogP contribution is -2.36. The Hall–Kier alpha value is -0.790. The first kappa shape index (κ1) is 19.2. The lowest BCUT2D eigenvalue weighted by molar-refractivity contribution is -0.121. The Balaban J connectivity index is 3.91. The van der Waals surface area contributed by atoms with Crippen molar-refractivity contribution in [2.24, 2.45) is 5.73 Å². The zero-order valence-electron chi connectivity index (χ0n) is 12.4. The lowest BCUT2D eigenvalue weighted by Gasteiger charge is -2.20. The molecule has 0 aromatic carbocycles. The van der Waals surface area contributed by atoms with Crippen LogP contribution in [0.5, 0.6) is 0 Å². The molecular weight excluding hydrogens is 276 g/mol. The second-order valence-electron chi connectivity index (χ2n) is 4.55. The van der Waals surface area contributed by atoms with E-state index in [1.165, 1.54) is 0 Å². The molecule has 0 fully saturated rings. The van der Waals surface area contributed by atoms with Gasteiger partial charge in [-0.25, -0.2) is 0 Å². The van der Waals surface area contributed by atoms with Gasteiger partial charge in [0.2, 0.25) is 11.8 Å². The molecule has 0 aliphatic carbocycles. The summed E-state index contributed by atoms with van der Waals surface area (Å²) in [7, 11) is 0. The van der Waals surface area contributed by atoms with Crippen molar-refractivity contribution in [1.29, 1.82) is 0 Å². The molecule has 6 nitrogen and oxygen atoms in total. The molecule has 0 heterocycles. The standard InChI is InChI=1S/C13H28N4O2S/c1-2-6-15-12(18)3-8-17(10-11-20)9-4-13(19)16-7-5-14/h20H,2-11,14H2,1H3,(H,15,18)(H,16,19). The molecule has 0 aromatic heterocycles. The van der Waals surface area contributed by atoms with Gasteiger partial charge in [-0.15, -0.1) is 0 Å². The first-order valence-corrected chi connectivity index (χ1v) is 7.84. The van der Waals surface area contributed by atoms with Crippen molar-refractivity contribution < 1.29 is 9.59 Å². The number of hydrogen-bond donors (Lipinski definition) is 4. The van der Waals surface area contributed by atoms with Gasteiger partial charge in [-0.3, -0.25) is 9.59 Å². The molecule has 4 N–H and O–H groups in total. The smallest absolute Gasteiger partial charge is 0.221 e. The number of carbonyl (C=O) groups excluding carboxylic acids is 2. The van der Waals surface area contributed by atoms with Gasteiger partial charge in [0.25, 0.3) is 0 Å². The van der Waals surface area contributed by atoms with Crippen LogP contribution in [-0.4, -0.2) is 61.7 Å². The van der Waals surface area contributed by atoms with Crippen LogP contribution in [0, 0.1) is 0 Å². The Labute approximate surface area is 127 Å². The summed E-state index contributed by atoms with van der Waals surface area (Å²) < 4.78 is 0. The number of rotatable bonds is 12. The Morgan fingerprint density at radius 3 is 2.05 bits per heavy atom. The minimum absolute atomic E-state index is 0.00458. The minimum atomic E-state index is -0.00458. The summed E-state index contributed by atoms with van der Waals surface area (Å²) >= 11 is 4.20. The van der Waals surface area contributed by atoms with E-state index in [0.717, 1.165) is 13.0 Å². The number of thiol groups is 1. The molecule has 0 aliphatic heterocycles. The van der Waals surface area contributed by atoms with Gasteiger partial charge in [0.1, 0.15) is 0 Å². The van der Waals surface area contributed by atoms with E-state index in [0.29, 0.717) is 51.3 Å². The number of amides is 2. The van der Waals surface area contributed by atoms with E-state index < -0.39 is 0 Å². The number of nitrogens with two attached hydrogens (primary N) is 1. The van der Waals surface area contributed by atoms with Crippen LogP contribution in [0.4, 0.5) is 0 Å². The van der Waals surface area contributed by atoms with E-state index in [9.17, 15) is 9.59 Å². The monoisotopic (exact) mass is 304 g/mol. The molecule has 0 aliphatic rings. The SMILES string of the molecule is CCCNC(=O)CCN(CCS)CCC(=O)NCCN. The lowest BCUT2D eigenvalue weighted by atomic mass is 10.3. The van der Waals surface area contributed by atoms with Gasteiger partial charge >= 0.3 is 0 Å². The number of nitrogens with one attached hydrogen (secondary N) is 2. The maximum Gasteiger partial charge on any atom is 0.221 e. The molecule has 0 aromatic rings. The fourth-order valence-corrected chi connectivity index (χ4v) is 1.93. The van der Waals surface area contributed by atoms with Crippen LogP contribution in [-0.2, 0) is 9.59 Å². The van der Waals surface area contributed by atoms with Crippen molar-refractivity contribution >= 4 is 24.4 Å². The van der Waals surface area contributed by atoms with Crippen LogP contribution in [0.1, 0.15) is 26.2 Å². The van der Waals surface area contributed by atoms with Gasteiger partial charge < -0.3 is 21.3 Å². The van der Waals surface area contributed by atoms with E-state index in [2.05, 4.69) is 28.2 Å². The number of carbonyl (C=O) groups is 2. The van der Waals surface area contributed by atoms with Gasteiger partial charge in [-0.05, 0) is 6.42 Å². The average molecular weight is 304 g/mol. The van der Waals surface area contributed by atoms with Crippen LogP contribution < -0.4 is 16.4 Å². The van der Waals surface area contributed by atoms with Crippen molar-refractivity contribution in [3.63, 3.8) is 0 Å². The highest BCUT2D eigenvalue weighted by molar-refractivity contribution is 7.80. The van der Waals surface area contributed by atoms with E-state index >= 15 is 0 Å². The fourth-order valence-electron chi connectivity index (χ4n) is 1.65. The molecule has 0 unspecified atom stereocenters. The molecule has 118 valence electrons. The van der Waals surface area contributed by atoms with Crippen LogP contribution in [0.3, 0.4) is 0 Å². The first-order valence-electron chi connectivity index (χ1n) is 7.20. The summed E-state index contributed by atoms with van der Waals surface area (Å²) in [6.45, 7) is 5.75. The quantitative estimate of drug-likeness (QED) is 0.370. The Morgan fingerprint density at radius 1 is 1.05 bits per heavy atom. The van der Waals surface area contributed by atoms with Crippen LogP contribution in [0.25, 0.3) is 0 Å². The summed E-state index contributed by atoms with van der Waals surface area (Å²) in [5, 5.41) is 5.58. The second kappa shape index (κ2) is 13.2. The predicted octanol–water partition coefficient (Wildman–Crippen LogP) is -0.400. The zero-order valence-corrected chi connectivity index (χ0v) is 13.3. The zero-order chi connectivity index (χ0) is 15.2. The second-order valence-corrected chi connectivity index (χ2v) is 5.00. The van der Waals surface area contributed by atoms with Crippen LogP contribution in [0.2, 0.25) is 0 Å². The van der Waals surface area contributed by atoms with Crippen LogP contribution >= 0.6 is 12.6 Å². The van der Waals surface area contributed by atoms with E-state index in [1.807, 2.05) is 6.92 Å².